The third-order valence-corrected chi connectivity index (χ3v) is 4.21. The van der Waals surface area contributed by atoms with Crippen molar-refractivity contribution in [2.45, 2.75) is 38.8 Å². The van der Waals surface area contributed by atoms with Gasteiger partial charge in [0.2, 0.25) is 0 Å². The lowest BCUT2D eigenvalue weighted by atomic mass is 10.0. The molecule has 3 heterocycles. The van der Waals surface area contributed by atoms with Gasteiger partial charge in [-0.2, -0.15) is 0 Å². The Bertz CT molecular complexity index is 682. The summed E-state index contributed by atoms with van der Waals surface area (Å²) in [7, 11) is 0. The van der Waals surface area contributed by atoms with Crippen molar-refractivity contribution in [3.05, 3.63) is 45.5 Å². The standard InChI is InChI=1S/C15H18ClN3O/c1-11-4-2-3-7-18(11)10-13-8-15(20)19-9-12(16)5-6-14(19)17-13/h5-6,8-9,11H,2-4,7,10H2,1H3. The molecule has 0 N–H and O–H groups in total. The van der Waals surface area contributed by atoms with Gasteiger partial charge in [0, 0.05) is 24.8 Å². The Morgan fingerprint density at radius 1 is 1.40 bits per heavy atom. The summed E-state index contributed by atoms with van der Waals surface area (Å²) in [5, 5.41) is 0.541. The highest BCUT2D eigenvalue weighted by molar-refractivity contribution is 6.30. The highest BCUT2D eigenvalue weighted by Gasteiger charge is 2.19. The molecule has 3 rings (SSSR count). The van der Waals surface area contributed by atoms with Crippen LogP contribution in [0, 0.1) is 0 Å². The molecular formula is C15H18ClN3O. The molecule has 20 heavy (non-hydrogen) atoms. The Morgan fingerprint density at radius 3 is 3.05 bits per heavy atom. The van der Waals surface area contributed by atoms with Crippen LogP contribution >= 0.6 is 11.6 Å². The number of nitrogens with zero attached hydrogens (tertiary/aromatic N) is 3. The number of hydrogen-bond acceptors (Lipinski definition) is 3. The van der Waals surface area contributed by atoms with Crippen LogP contribution in [0.3, 0.4) is 0 Å². The number of hydrogen-bond donors (Lipinski definition) is 0. The fourth-order valence-corrected chi connectivity index (χ4v) is 2.97. The zero-order chi connectivity index (χ0) is 14.1. The van der Waals surface area contributed by atoms with Crippen LogP contribution in [0.15, 0.2) is 29.2 Å². The fraction of sp³-hybridized carbons (Fsp3) is 0.467. The van der Waals surface area contributed by atoms with Crippen molar-refractivity contribution in [1.82, 2.24) is 14.3 Å². The van der Waals surface area contributed by atoms with Gasteiger partial charge in [-0.1, -0.05) is 18.0 Å². The summed E-state index contributed by atoms with van der Waals surface area (Å²) in [6.07, 6.45) is 5.36. The van der Waals surface area contributed by atoms with Crippen LogP contribution in [0.4, 0.5) is 0 Å². The first-order valence-electron chi connectivity index (χ1n) is 7.05. The van der Waals surface area contributed by atoms with Gasteiger partial charge in [0.05, 0.1) is 10.7 Å². The Hall–Kier alpha value is -1.39. The minimum atomic E-state index is -0.0721. The minimum absolute atomic E-state index is 0.0721. The van der Waals surface area contributed by atoms with Crippen LogP contribution < -0.4 is 5.56 Å². The topological polar surface area (TPSA) is 37.6 Å². The van der Waals surface area contributed by atoms with Gasteiger partial charge >= 0.3 is 0 Å². The molecule has 0 radical (unpaired) electrons. The first kappa shape index (κ1) is 13.6. The summed E-state index contributed by atoms with van der Waals surface area (Å²) in [5.74, 6) is 0. The van der Waals surface area contributed by atoms with E-state index in [1.165, 1.54) is 23.7 Å². The molecule has 1 atom stereocenters. The van der Waals surface area contributed by atoms with Gasteiger partial charge in [0.25, 0.3) is 5.56 Å². The van der Waals surface area contributed by atoms with E-state index < -0.39 is 0 Å². The highest BCUT2D eigenvalue weighted by atomic mass is 35.5. The molecule has 1 fully saturated rings. The van der Waals surface area contributed by atoms with E-state index >= 15 is 0 Å². The van der Waals surface area contributed by atoms with E-state index in [0.29, 0.717) is 16.7 Å². The van der Waals surface area contributed by atoms with Gasteiger partial charge in [0.15, 0.2) is 0 Å². The van der Waals surface area contributed by atoms with Crippen LogP contribution in [-0.2, 0) is 6.54 Å². The van der Waals surface area contributed by atoms with E-state index in [1.54, 1.807) is 24.4 Å². The van der Waals surface area contributed by atoms with E-state index in [-0.39, 0.29) is 5.56 Å². The van der Waals surface area contributed by atoms with Crippen molar-refractivity contribution in [2.24, 2.45) is 0 Å². The van der Waals surface area contributed by atoms with Crippen molar-refractivity contribution in [2.75, 3.05) is 6.54 Å². The average molecular weight is 292 g/mol. The third kappa shape index (κ3) is 2.72. The Kier molecular flexibility index (Phi) is 3.76. The SMILES string of the molecule is CC1CCCCN1Cc1cc(=O)n2cc(Cl)ccc2n1. The maximum absolute atomic E-state index is 12.1. The molecule has 0 spiro atoms. The smallest absolute Gasteiger partial charge is 0.258 e. The zero-order valence-corrected chi connectivity index (χ0v) is 12.3. The molecular weight excluding hydrogens is 274 g/mol. The Labute approximate surface area is 123 Å². The maximum atomic E-state index is 12.1. The molecule has 0 amide bonds. The third-order valence-electron chi connectivity index (χ3n) is 3.98. The lowest BCUT2D eigenvalue weighted by Crippen LogP contribution is -2.37. The number of pyridine rings is 1. The lowest BCUT2D eigenvalue weighted by Gasteiger charge is -2.32. The van der Waals surface area contributed by atoms with Crippen LogP contribution in [0.2, 0.25) is 5.02 Å². The molecule has 1 aliphatic rings. The number of halogens is 1. The molecule has 1 aliphatic heterocycles. The van der Waals surface area contributed by atoms with Crippen molar-refractivity contribution in [1.29, 1.82) is 0 Å². The second-order valence-corrected chi connectivity index (χ2v) is 5.91. The average Bonchev–Trinajstić information content (AvgIpc) is 2.42. The first-order chi connectivity index (χ1) is 9.63. The molecule has 2 aromatic rings. The van der Waals surface area contributed by atoms with Crippen molar-refractivity contribution >= 4 is 17.2 Å². The first-order valence-corrected chi connectivity index (χ1v) is 7.43. The summed E-state index contributed by atoms with van der Waals surface area (Å²) in [4.78, 5) is 19.1. The zero-order valence-electron chi connectivity index (χ0n) is 11.6. The molecule has 0 bridgehead atoms. The van der Waals surface area contributed by atoms with E-state index in [4.69, 9.17) is 11.6 Å². The monoisotopic (exact) mass is 291 g/mol. The molecule has 106 valence electrons. The summed E-state index contributed by atoms with van der Waals surface area (Å²) in [5.41, 5.74) is 1.42. The van der Waals surface area contributed by atoms with E-state index in [0.717, 1.165) is 18.8 Å². The van der Waals surface area contributed by atoms with Crippen molar-refractivity contribution in [3.63, 3.8) is 0 Å². The molecule has 0 aliphatic carbocycles. The van der Waals surface area contributed by atoms with Crippen molar-refractivity contribution in [3.8, 4) is 0 Å². The van der Waals surface area contributed by atoms with Gasteiger partial charge in [-0.3, -0.25) is 14.1 Å². The summed E-state index contributed by atoms with van der Waals surface area (Å²) in [6.45, 7) is 4.07. The van der Waals surface area contributed by atoms with Gasteiger partial charge in [-0.15, -0.1) is 0 Å². The Balaban J connectivity index is 1.92. The van der Waals surface area contributed by atoms with Crippen molar-refractivity contribution < 1.29 is 0 Å². The normalized spacial score (nSPS) is 20.4. The number of fused-ring (bicyclic) bond motifs is 1. The molecule has 5 heteroatoms. The maximum Gasteiger partial charge on any atom is 0.258 e. The van der Waals surface area contributed by atoms with Crippen LogP contribution in [0.25, 0.3) is 5.65 Å². The van der Waals surface area contributed by atoms with Gasteiger partial charge in [-0.05, 0) is 38.4 Å². The second-order valence-electron chi connectivity index (χ2n) is 5.48. The van der Waals surface area contributed by atoms with E-state index in [1.807, 2.05) is 0 Å². The fourth-order valence-electron chi connectivity index (χ4n) is 2.81. The number of rotatable bonds is 2. The molecule has 1 saturated heterocycles. The number of aromatic nitrogens is 2. The summed E-state index contributed by atoms with van der Waals surface area (Å²) in [6, 6.07) is 5.72. The van der Waals surface area contributed by atoms with Crippen LogP contribution in [-0.4, -0.2) is 26.9 Å². The van der Waals surface area contributed by atoms with Gasteiger partial charge < -0.3 is 0 Å². The van der Waals surface area contributed by atoms with Crippen LogP contribution in [0.1, 0.15) is 31.9 Å². The number of piperidine rings is 1. The largest absolute Gasteiger partial charge is 0.295 e. The molecule has 1 unspecified atom stereocenters. The lowest BCUT2D eigenvalue weighted by molar-refractivity contribution is 0.151. The van der Waals surface area contributed by atoms with Gasteiger partial charge in [-0.25, -0.2) is 4.98 Å². The van der Waals surface area contributed by atoms with Crippen LogP contribution in [0.5, 0.6) is 0 Å². The minimum Gasteiger partial charge on any atom is -0.295 e. The highest BCUT2D eigenvalue weighted by Crippen LogP contribution is 2.18. The second kappa shape index (κ2) is 5.54. The van der Waals surface area contributed by atoms with E-state index in [2.05, 4.69) is 16.8 Å². The molecule has 2 aromatic heterocycles. The predicted molar refractivity (Wildman–Crippen MR) is 80.2 cm³/mol. The quantitative estimate of drug-likeness (QED) is 0.854. The summed E-state index contributed by atoms with van der Waals surface area (Å²) < 4.78 is 1.49. The van der Waals surface area contributed by atoms with E-state index in [9.17, 15) is 4.79 Å². The van der Waals surface area contributed by atoms with Gasteiger partial charge in [0.1, 0.15) is 5.65 Å². The summed E-state index contributed by atoms with van der Waals surface area (Å²) >= 11 is 5.91. The molecule has 0 aromatic carbocycles. The Morgan fingerprint density at radius 2 is 2.25 bits per heavy atom. The molecule has 4 nitrogen and oxygen atoms in total. The molecule has 0 saturated carbocycles. The number of likely N-dealkylation sites (tertiary alicyclic amines) is 1. The predicted octanol–water partition coefficient (Wildman–Crippen LogP) is 2.72.